The summed E-state index contributed by atoms with van der Waals surface area (Å²) in [5.41, 5.74) is 6.34. The van der Waals surface area contributed by atoms with Crippen LogP contribution in [0.15, 0.2) is 35.2 Å². The first kappa shape index (κ1) is 19.8. The number of carbonyl (C=O) groups excluding carboxylic acids is 1. The lowest BCUT2D eigenvalue weighted by Gasteiger charge is -2.55. The van der Waals surface area contributed by atoms with Gasteiger partial charge in [-0.05, 0) is 30.5 Å². The third-order valence-electron chi connectivity index (χ3n) is 5.92. The lowest BCUT2D eigenvalue weighted by atomic mass is 9.62. The normalized spacial score (nSPS) is 27.7. The number of ether oxygens (including phenoxy) is 1. The first-order valence-electron chi connectivity index (χ1n) is 9.05. The fraction of sp³-hybridized carbons (Fsp3) is 0.526. The Morgan fingerprint density at radius 3 is 2.67 bits per heavy atom. The highest BCUT2D eigenvalue weighted by atomic mass is 35.5. The van der Waals surface area contributed by atoms with Gasteiger partial charge in [-0.25, -0.2) is 4.98 Å². The van der Waals surface area contributed by atoms with Crippen LogP contribution in [0.3, 0.4) is 0 Å². The SMILES string of the molecule is COC1(c2ccnc(C(N)=O)c2)[C@@H]2CCC[C@H]1CN(Cc1ncco1)C2.Cl. The lowest BCUT2D eigenvalue weighted by molar-refractivity contribution is -0.171. The van der Waals surface area contributed by atoms with Crippen LogP contribution >= 0.6 is 12.4 Å². The highest BCUT2D eigenvalue weighted by molar-refractivity contribution is 5.90. The van der Waals surface area contributed by atoms with Crippen molar-refractivity contribution < 1.29 is 13.9 Å². The largest absolute Gasteiger partial charge is 0.448 e. The van der Waals surface area contributed by atoms with Gasteiger partial charge in [0.05, 0.1) is 12.7 Å². The number of hydrogen-bond donors (Lipinski definition) is 1. The van der Waals surface area contributed by atoms with Crippen molar-refractivity contribution in [2.45, 2.75) is 31.4 Å². The van der Waals surface area contributed by atoms with Crippen LogP contribution in [0.5, 0.6) is 0 Å². The molecule has 1 saturated heterocycles. The van der Waals surface area contributed by atoms with Gasteiger partial charge in [0.15, 0.2) is 0 Å². The number of carbonyl (C=O) groups is 1. The van der Waals surface area contributed by atoms with Gasteiger partial charge in [-0.1, -0.05) is 6.42 Å². The van der Waals surface area contributed by atoms with Gasteiger partial charge in [0, 0.05) is 38.2 Å². The molecule has 4 rings (SSSR count). The summed E-state index contributed by atoms with van der Waals surface area (Å²) in [6.07, 6.45) is 8.32. The van der Waals surface area contributed by atoms with Crippen molar-refractivity contribution in [1.29, 1.82) is 0 Å². The summed E-state index contributed by atoms with van der Waals surface area (Å²) in [6, 6.07) is 3.77. The number of piperidine rings is 1. The molecule has 2 N–H and O–H groups in total. The lowest BCUT2D eigenvalue weighted by Crippen LogP contribution is -2.58. The Kier molecular flexibility index (Phi) is 5.83. The minimum absolute atomic E-state index is 0. The van der Waals surface area contributed by atoms with Crippen LogP contribution in [-0.2, 0) is 16.9 Å². The molecule has 3 heterocycles. The van der Waals surface area contributed by atoms with Crippen LogP contribution < -0.4 is 5.73 Å². The van der Waals surface area contributed by atoms with Crippen molar-refractivity contribution in [2.24, 2.45) is 17.6 Å². The standard InChI is InChI=1S/C19H24N4O3.ClH/c1-25-19(13-5-6-21-16(9-13)18(20)24)14-3-2-4-15(19)11-23(10-14)12-17-22-7-8-26-17;/h5-9,14-15H,2-4,10-12H2,1H3,(H2,20,24);1H/t14-,15+,19?;. The number of nitrogens with two attached hydrogens (primary N) is 1. The maximum atomic E-state index is 11.6. The Bertz CT molecular complexity index is 769. The van der Waals surface area contributed by atoms with Crippen molar-refractivity contribution in [1.82, 2.24) is 14.9 Å². The molecule has 1 saturated carbocycles. The molecule has 27 heavy (non-hydrogen) atoms. The van der Waals surface area contributed by atoms with E-state index in [0.29, 0.717) is 24.1 Å². The Hall–Kier alpha value is -1.96. The third-order valence-corrected chi connectivity index (χ3v) is 5.92. The smallest absolute Gasteiger partial charge is 0.267 e. The molecule has 1 unspecified atom stereocenters. The summed E-state index contributed by atoms with van der Waals surface area (Å²) < 4.78 is 11.6. The molecule has 2 fully saturated rings. The van der Waals surface area contributed by atoms with Crippen molar-refractivity contribution in [3.8, 4) is 0 Å². The van der Waals surface area contributed by atoms with Crippen LogP contribution in [0, 0.1) is 11.8 Å². The van der Waals surface area contributed by atoms with Crippen LogP contribution in [0.2, 0.25) is 0 Å². The number of fused-ring (bicyclic) bond motifs is 2. The summed E-state index contributed by atoms with van der Waals surface area (Å²) >= 11 is 0. The molecule has 1 aliphatic carbocycles. The molecule has 0 radical (unpaired) electrons. The summed E-state index contributed by atoms with van der Waals surface area (Å²) in [4.78, 5) is 22.3. The van der Waals surface area contributed by atoms with E-state index in [0.717, 1.165) is 37.4 Å². The van der Waals surface area contributed by atoms with Gasteiger partial charge in [-0.3, -0.25) is 14.7 Å². The monoisotopic (exact) mass is 392 g/mol. The zero-order valence-electron chi connectivity index (χ0n) is 15.3. The van der Waals surface area contributed by atoms with Crippen LogP contribution in [0.25, 0.3) is 0 Å². The Morgan fingerprint density at radius 2 is 2.07 bits per heavy atom. The number of amides is 1. The fourth-order valence-electron chi connectivity index (χ4n) is 4.91. The molecule has 0 spiro atoms. The van der Waals surface area contributed by atoms with E-state index in [1.54, 1.807) is 31.8 Å². The quantitative estimate of drug-likeness (QED) is 0.839. The van der Waals surface area contributed by atoms with Crippen LogP contribution in [-0.4, -0.2) is 41.0 Å². The van der Waals surface area contributed by atoms with E-state index in [9.17, 15) is 4.79 Å². The van der Waals surface area contributed by atoms with Gasteiger partial charge in [0.25, 0.3) is 5.91 Å². The number of oxazole rings is 1. The average Bonchev–Trinajstić information content (AvgIpc) is 3.14. The number of primary amides is 1. The molecule has 8 heteroatoms. The molecule has 2 aliphatic rings. The van der Waals surface area contributed by atoms with E-state index >= 15 is 0 Å². The summed E-state index contributed by atoms with van der Waals surface area (Å²) in [5, 5.41) is 0. The number of hydrogen-bond acceptors (Lipinski definition) is 6. The predicted molar refractivity (Wildman–Crippen MR) is 101 cm³/mol. The molecule has 2 bridgehead atoms. The first-order valence-corrected chi connectivity index (χ1v) is 9.05. The maximum absolute atomic E-state index is 11.6. The van der Waals surface area contributed by atoms with Gasteiger partial charge in [-0.2, -0.15) is 0 Å². The molecule has 1 aliphatic heterocycles. The summed E-state index contributed by atoms with van der Waals surface area (Å²) in [6.45, 7) is 2.52. The van der Waals surface area contributed by atoms with E-state index in [1.165, 1.54) is 6.42 Å². The Balaban J connectivity index is 0.00000210. The second-order valence-electron chi connectivity index (χ2n) is 7.24. The van der Waals surface area contributed by atoms with Gasteiger partial charge >= 0.3 is 0 Å². The minimum Gasteiger partial charge on any atom is -0.448 e. The molecule has 2 aromatic heterocycles. The molecule has 1 amide bonds. The van der Waals surface area contributed by atoms with Crippen molar-refractivity contribution in [3.63, 3.8) is 0 Å². The van der Waals surface area contributed by atoms with Crippen molar-refractivity contribution in [2.75, 3.05) is 20.2 Å². The molecule has 7 nitrogen and oxygen atoms in total. The Labute approximate surface area is 164 Å². The average molecular weight is 393 g/mol. The molecular weight excluding hydrogens is 368 g/mol. The van der Waals surface area contributed by atoms with E-state index < -0.39 is 11.5 Å². The minimum atomic E-state index is -0.510. The highest BCUT2D eigenvalue weighted by Crippen LogP contribution is 2.51. The molecule has 146 valence electrons. The van der Waals surface area contributed by atoms with Crippen LogP contribution in [0.1, 0.15) is 41.2 Å². The zero-order chi connectivity index (χ0) is 18.1. The van der Waals surface area contributed by atoms with Gasteiger partial charge in [0.1, 0.15) is 17.6 Å². The second-order valence-corrected chi connectivity index (χ2v) is 7.24. The number of halogens is 1. The van der Waals surface area contributed by atoms with E-state index in [2.05, 4.69) is 14.9 Å². The third kappa shape index (κ3) is 3.47. The number of methoxy groups -OCH3 is 1. The number of nitrogens with zero attached hydrogens (tertiary/aromatic N) is 3. The second kappa shape index (κ2) is 7.96. The van der Waals surface area contributed by atoms with E-state index in [-0.39, 0.29) is 12.4 Å². The van der Waals surface area contributed by atoms with E-state index in [1.807, 2.05) is 6.07 Å². The molecule has 2 aromatic rings. The Morgan fingerprint density at radius 1 is 1.33 bits per heavy atom. The topological polar surface area (TPSA) is 94.5 Å². The number of rotatable bonds is 5. The maximum Gasteiger partial charge on any atom is 0.267 e. The fourth-order valence-corrected chi connectivity index (χ4v) is 4.91. The van der Waals surface area contributed by atoms with Crippen molar-refractivity contribution >= 4 is 18.3 Å². The number of likely N-dealkylation sites (tertiary alicyclic amines) is 1. The van der Waals surface area contributed by atoms with E-state index in [4.69, 9.17) is 14.9 Å². The van der Waals surface area contributed by atoms with Gasteiger partial charge < -0.3 is 14.9 Å². The number of pyridine rings is 1. The molecular formula is C19H25ClN4O3. The first-order chi connectivity index (χ1) is 12.6. The van der Waals surface area contributed by atoms with Gasteiger partial charge in [0.2, 0.25) is 5.89 Å². The van der Waals surface area contributed by atoms with Crippen LogP contribution in [0.4, 0.5) is 0 Å². The predicted octanol–water partition coefficient (Wildman–Crippen LogP) is 2.36. The number of aromatic nitrogens is 2. The molecule has 3 atom stereocenters. The molecule has 0 aromatic carbocycles. The van der Waals surface area contributed by atoms with Crippen molar-refractivity contribution in [3.05, 3.63) is 47.9 Å². The summed E-state index contributed by atoms with van der Waals surface area (Å²) in [7, 11) is 1.78. The zero-order valence-corrected chi connectivity index (χ0v) is 16.2. The highest BCUT2D eigenvalue weighted by Gasteiger charge is 2.53. The van der Waals surface area contributed by atoms with Gasteiger partial charge in [-0.15, -0.1) is 12.4 Å². The summed E-state index contributed by atoms with van der Waals surface area (Å²) in [5.74, 6) is 0.897.